The number of nitrogens with zero attached hydrogens (tertiary/aromatic N) is 1. The Kier molecular flexibility index (Phi) is 9.39. The Labute approximate surface area is 450 Å². The molecule has 0 fully saturated rings. The van der Waals surface area contributed by atoms with E-state index in [1.54, 1.807) is 0 Å². The van der Waals surface area contributed by atoms with E-state index in [1.807, 2.05) is 6.08 Å². The first-order valence-electron chi connectivity index (χ1n) is 26.8. The van der Waals surface area contributed by atoms with E-state index < -0.39 is 10.8 Å². The van der Waals surface area contributed by atoms with Crippen molar-refractivity contribution < 1.29 is 0 Å². The van der Waals surface area contributed by atoms with E-state index in [1.165, 1.54) is 122 Å². The fourth-order valence-corrected chi connectivity index (χ4v) is 14.3. The van der Waals surface area contributed by atoms with E-state index in [9.17, 15) is 0 Å². The summed E-state index contributed by atoms with van der Waals surface area (Å²) in [6.07, 6.45) is 1.97. The Morgan fingerprint density at radius 2 is 0.545 bits per heavy atom. The molecule has 0 aromatic heterocycles. The molecule has 0 amide bonds. The van der Waals surface area contributed by atoms with E-state index in [2.05, 4.69) is 291 Å². The Bertz CT molecular complexity index is 4330. The van der Waals surface area contributed by atoms with E-state index in [0.29, 0.717) is 0 Å². The van der Waals surface area contributed by atoms with Gasteiger partial charge in [0.25, 0.3) is 0 Å². The second-order valence-electron chi connectivity index (χ2n) is 21.1. The van der Waals surface area contributed by atoms with Gasteiger partial charge in [0.2, 0.25) is 0 Å². The lowest BCUT2D eigenvalue weighted by Crippen LogP contribution is -2.26. The summed E-state index contributed by atoms with van der Waals surface area (Å²) in [6.45, 7) is 4.19. The fraction of sp³-hybridized carbons (Fsp3) is 0.0263. The molecular formula is C76H49N. The zero-order valence-corrected chi connectivity index (χ0v) is 42.3. The Morgan fingerprint density at radius 3 is 1.03 bits per heavy atom. The Morgan fingerprint density at radius 1 is 0.234 bits per heavy atom. The van der Waals surface area contributed by atoms with Crippen molar-refractivity contribution in [3.63, 3.8) is 0 Å². The molecule has 1 atom stereocenters. The van der Waals surface area contributed by atoms with Crippen molar-refractivity contribution in [2.24, 2.45) is 0 Å². The smallest absolute Gasteiger partial charge is 0.0726 e. The van der Waals surface area contributed by atoms with Crippen molar-refractivity contribution in [2.45, 2.75) is 10.8 Å². The first kappa shape index (κ1) is 43.6. The fourth-order valence-electron chi connectivity index (χ4n) is 14.3. The van der Waals surface area contributed by atoms with Crippen molar-refractivity contribution in [1.82, 2.24) is 0 Å². The van der Waals surface area contributed by atoms with Gasteiger partial charge in [-0.2, -0.15) is 0 Å². The number of rotatable bonds is 7. The molecular weight excluding hydrogens is 927 g/mol. The highest BCUT2D eigenvalue weighted by Crippen LogP contribution is 2.65. The van der Waals surface area contributed by atoms with E-state index >= 15 is 0 Å². The zero-order valence-electron chi connectivity index (χ0n) is 42.3. The normalized spacial score (nSPS) is 15.0. The van der Waals surface area contributed by atoms with Crippen LogP contribution >= 0.6 is 0 Å². The topological polar surface area (TPSA) is 3.24 Å². The van der Waals surface area contributed by atoms with Gasteiger partial charge in [-0.05, 0) is 176 Å². The summed E-state index contributed by atoms with van der Waals surface area (Å²) in [6, 6.07) is 105. The highest BCUT2D eigenvalue weighted by molar-refractivity contribution is 5.99. The SMILES string of the molecule is C=Cc1ccccc1-c1ccc2c(c1)C1(c3ccccc3-c3ccc(-c4ccc(N(c5ccc(-c6ccccc6)cc5)c5ccc6c(c5)C5(c7ccccc7-c7ccccc75)c5ccccc5-6)cc4)cc31)c1ccccc1-2. The monoisotopic (exact) mass is 975 g/mol. The molecule has 4 aliphatic rings. The first-order valence-corrected chi connectivity index (χ1v) is 26.8. The first-order chi connectivity index (χ1) is 38.1. The number of benzene rings is 12. The van der Waals surface area contributed by atoms with Gasteiger partial charge in [-0.25, -0.2) is 0 Å². The van der Waals surface area contributed by atoms with Crippen LogP contribution in [-0.4, -0.2) is 0 Å². The second kappa shape index (κ2) is 16.6. The second-order valence-corrected chi connectivity index (χ2v) is 21.1. The Hall–Kier alpha value is -9.82. The van der Waals surface area contributed by atoms with Gasteiger partial charge >= 0.3 is 0 Å². The van der Waals surface area contributed by atoms with Gasteiger partial charge in [0.05, 0.1) is 10.8 Å². The quantitative estimate of drug-likeness (QED) is 0.154. The molecule has 0 radical (unpaired) electrons. The molecule has 358 valence electrons. The molecule has 0 heterocycles. The zero-order chi connectivity index (χ0) is 50.8. The largest absolute Gasteiger partial charge is 0.310 e. The van der Waals surface area contributed by atoms with Crippen LogP contribution in [0, 0.1) is 0 Å². The van der Waals surface area contributed by atoms with Crippen LogP contribution in [0.25, 0.3) is 84.0 Å². The molecule has 1 heteroatoms. The maximum atomic E-state index is 4.19. The minimum absolute atomic E-state index is 0.454. The molecule has 0 saturated carbocycles. The molecule has 4 aliphatic carbocycles. The lowest BCUT2D eigenvalue weighted by molar-refractivity contribution is 0.793. The molecule has 0 aliphatic heterocycles. The third kappa shape index (κ3) is 6.00. The maximum absolute atomic E-state index is 4.19. The van der Waals surface area contributed by atoms with Crippen molar-refractivity contribution in [1.29, 1.82) is 0 Å². The van der Waals surface area contributed by atoms with Crippen molar-refractivity contribution >= 4 is 23.1 Å². The summed E-state index contributed by atoms with van der Waals surface area (Å²) < 4.78 is 0. The summed E-state index contributed by atoms with van der Waals surface area (Å²) in [5.74, 6) is 0. The average Bonchev–Trinajstić information content (AvgIpc) is 4.28. The highest BCUT2D eigenvalue weighted by Gasteiger charge is 2.53. The summed E-state index contributed by atoms with van der Waals surface area (Å²) >= 11 is 0. The van der Waals surface area contributed by atoms with Crippen LogP contribution in [0.3, 0.4) is 0 Å². The number of hydrogen-bond acceptors (Lipinski definition) is 1. The molecule has 0 bridgehead atoms. The van der Waals surface area contributed by atoms with Crippen LogP contribution in [0.5, 0.6) is 0 Å². The molecule has 12 aromatic rings. The number of anilines is 3. The van der Waals surface area contributed by atoms with Crippen LogP contribution in [-0.2, 0) is 10.8 Å². The van der Waals surface area contributed by atoms with Crippen molar-refractivity contribution in [2.75, 3.05) is 4.90 Å². The molecule has 12 aromatic carbocycles. The van der Waals surface area contributed by atoms with E-state index in [0.717, 1.165) is 22.6 Å². The lowest BCUT2D eigenvalue weighted by Gasteiger charge is -2.32. The predicted octanol–water partition coefficient (Wildman–Crippen LogP) is 19.5. The third-order valence-electron chi connectivity index (χ3n) is 17.5. The van der Waals surface area contributed by atoms with Crippen LogP contribution in [0.15, 0.2) is 286 Å². The van der Waals surface area contributed by atoms with Crippen LogP contribution < -0.4 is 4.90 Å². The standard InChI is InChI=1S/C76H49N/c1-2-49-18-6-7-21-58(49)54-37-44-65-62-25-12-17-31-71(62)76(73(65)47-54)70-30-16-11-24-61(70)64-43-36-53(46-72(64)76)52-34-40-56(41-35-52)77(55-38-32-51(33-39-55)50-19-4-3-5-20-50)57-42-45-66-63-26-10-15-29-69(63)75(74(66)48-57)67-27-13-8-22-59(67)60-23-9-14-28-68(60)75/h2-48H,1H2. The molecule has 77 heavy (non-hydrogen) atoms. The summed E-state index contributed by atoms with van der Waals surface area (Å²) in [4.78, 5) is 2.45. The predicted molar refractivity (Wildman–Crippen MR) is 320 cm³/mol. The van der Waals surface area contributed by atoms with Crippen LogP contribution in [0.4, 0.5) is 17.1 Å². The van der Waals surface area contributed by atoms with Gasteiger partial charge in [0.15, 0.2) is 0 Å². The number of hydrogen-bond donors (Lipinski definition) is 0. The van der Waals surface area contributed by atoms with Gasteiger partial charge in [0, 0.05) is 17.1 Å². The molecule has 0 saturated heterocycles. The molecule has 16 rings (SSSR count). The van der Waals surface area contributed by atoms with Gasteiger partial charge < -0.3 is 4.90 Å². The van der Waals surface area contributed by atoms with Gasteiger partial charge in [0.1, 0.15) is 0 Å². The Balaban J connectivity index is 0.856. The van der Waals surface area contributed by atoms with E-state index in [-0.39, 0.29) is 0 Å². The van der Waals surface area contributed by atoms with Gasteiger partial charge in [-0.1, -0.05) is 243 Å². The molecule has 1 unspecified atom stereocenters. The minimum atomic E-state index is -0.499. The molecule has 2 spiro atoms. The van der Waals surface area contributed by atoms with Crippen molar-refractivity contribution in [3.8, 4) is 77.9 Å². The summed E-state index contributed by atoms with van der Waals surface area (Å²) in [5.41, 5.74) is 31.6. The van der Waals surface area contributed by atoms with Crippen molar-refractivity contribution in [3.05, 3.63) is 336 Å². The summed E-state index contributed by atoms with van der Waals surface area (Å²) in [7, 11) is 0. The summed E-state index contributed by atoms with van der Waals surface area (Å²) in [5, 5.41) is 0. The third-order valence-corrected chi connectivity index (χ3v) is 17.5. The number of fused-ring (bicyclic) bond motifs is 20. The minimum Gasteiger partial charge on any atom is -0.310 e. The van der Waals surface area contributed by atoms with E-state index in [4.69, 9.17) is 0 Å². The lowest BCUT2D eigenvalue weighted by atomic mass is 9.70. The molecule has 1 nitrogen and oxygen atoms in total. The highest BCUT2D eigenvalue weighted by atomic mass is 15.1. The molecule has 0 N–H and O–H groups in total. The van der Waals surface area contributed by atoms with Gasteiger partial charge in [-0.15, -0.1) is 0 Å². The van der Waals surface area contributed by atoms with Crippen LogP contribution in [0.1, 0.15) is 50.1 Å². The maximum Gasteiger partial charge on any atom is 0.0726 e. The van der Waals surface area contributed by atoms with Crippen LogP contribution in [0.2, 0.25) is 0 Å². The van der Waals surface area contributed by atoms with Gasteiger partial charge in [-0.3, -0.25) is 0 Å². The average molecular weight is 976 g/mol.